The molecule has 32 heavy (non-hydrogen) atoms. The van der Waals surface area contributed by atoms with Gasteiger partial charge in [0, 0.05) is 50.8 Å². The van der Waals surface area contributed by atoms with Crippen molar-refractivity contribution in [1.82, 2.24) is 24.4 Å². The lowest BCUT2D eigenvalue weighted by Gasteiger charge is -2.33. The van der Waals surface area contributed by atoms with Gasteiger partial charge >= 0.3 is 5.76 Å². The van der Waals surface area contributed by atoms with Crippen molar-refractivity contribution in [3.8, 4) is 11.5 Å². The minimum Gasteiger partial charge on any atom is -0.421 e. The lowest BCUT2D eigenvalue weighted by molar-refractivity contribution is 0.187. The number of nitrogens with zero attached hydrogens (tertiary/aromatic N) is 4. The maximum Gasteiger partial charge on any atom is 0.417 e. The highest BCUT2D eigenvalue weighted by molar-refractivity contribution is 7.89. The summed E-state index contributed by atoms with van der Waals surface area (Å²) >= 11 is 0. The first-order valence-electron chi connectivity index (χ1n) is 10.2. The number of piperazine rings is 1. The maximum absolute atomic E-state index is 13.0. The van der Waals surface area contributed by atoms with E-state index in [2.05, 4.69) is 20.1 Å². The Morgan fingerprint density at radius 1 is 0.969 bits per heavy atom. The summed E-state index contributed by atoms with van der Waals surface area (Å²) in [5.41, 5.74) is 1.57. The van der Waals surface area contributed by atoms with Gasteiger partial charge in [-0.15, -0.1) is 10.2 Å². The lowest BCUT2D eigenvalue weighted by Crippen LogP contribution is -2.49. The number of aromatic amines is 1. The van der Waals surface area contributed by atoms with Crippen molar-refractivity contribution in [1.29, 1.82) is 0 Å². The number of sulfonamides is 1. The first-order valence-corrected chi connectivity index (χ1v) is 11.7. The summed E-state index contributed by atoms with van der Waals surface area (Å²) in [4.78, 5) is 16.1. The van der Waals surface area contributed by atoms with Crippen molar-refractivity contribution in [3.63, 3.8) is 0 Å². The first kappa shape index (κ1) is 20.6. The Balaban J connectivity index is 1.18. The summed E-state index contributed by atoms with van der Waals surface area (Å²) in [6.45, 7) is 2.64. The highest BCUT2D eigenvalue weighted by Gasteiger charge is 2.29. The number of oxazole rings is 1. The second-order valence-corrected chi connectivity index (χ2v) is 9.47. The van der Waals surface area contributed by atoms with Crippen molar-refractivity contribution < 1.29 is 17.3 Å². The summed E-state index contributed by atoms with van der Waals surface area (Å²) in [7, 11) is -3.67. The summed E-state index contributed by atoms with van der Waals surface area (Å²) in [5.74, 6) is 0.437. The van der Waals surface area contributed by atoms with Gasteiger partial charge in [0.1, 0.15) is 0 Å². The van der Waals surface area contributed by atoms with Gasteiger partial charge in [-0.1, -0.05) is 18.2 Å². The van der Waals surface area contributed by atoms with E-state index in [0.717, 1.165) is 5.56 Å². The standard InChI is InChI=1S/C21H21N5O5S/c27-21-22-17-7-6-16(14-18(17)30-21)32(28,29)26-12-10-25(11-13-26)9-8-19-23-24-20(31-19)15-4-2-1-3-5-15/h1-7,14H,8-13H2,(H,22,27). The summed E-state index contributed by atoms with van der Waals surface area (Å²) in [5, 5.41) is 8.21. The van der Waals surface area contributed by atoms with Gasteiger partial charge in [-0.2, -0.15) is 4.31 Å². The molecule has 5 rings (SSSR count). The molecular weight excluding hydrogens is 434 g/mol. The van der Waals surface area contributed by atoms with Crippen LogP contribution in [0.15, 0.2) is 67.1 Å². The van der Waals surface area contributed by atoms with Crippen LogP contribution in [0, 0.1) is 0 Å². The second-order valence-electron chi connectivity index (χ2n) is 7.54. The molecule has 1 aliphatic rings. The predicted molar refractivity (Wildman–Crippen MR) is 115 cm³/mol. The molecule has 0 spiro atoms. The molecular formula is C21H21N5O5S. The fourth-order valence-corrected chi connectivity index (χ4v) is 5.17. The van der Waals surface area contributed by atoms with Crippen LogP contribution >= 0.6 is 0 Å². The summed E-state index contributed by atoms with van der Waals surface area (Å²) < 4.78 is 38.2. The van der Waals surface area contributed by atoms with E-state index in [1.165, 1.54) is 22.5 Å². The summed E-state index contributed by atoms with van der Waals surface area (Å²) in [6, 6.07) is 14.0. The molecule has 0 unspecified atom stereocenters. The number of benzene rings is 2. The van der Waals surface area contributed by atoms with E-state index in [0.29, 0.717) is 56.4 Å². The fourth-order valence-electron chi connectivity index (χ4n) is 3.73. The Labute approximate surface area is 183 Å². The molecule has 0 aliphatic carbocycles. The van der Waals surface area contributed by atoms with Gasteiger partial charge < -0.3 is 13.7 Å². The van der Waals surface area contributed by atoms with Crippen LogP contribution in [0.5, 0.6) is 0 Å². The van der Waals surface area contributed by atoms with Crippen LogP contribution in [-0.4, -0.2) is 65.5 Å². The van der Waals surface area contributed by atoms with E-state index in [1.54, 1.807) is 0 Å². The van der Waals surface area contributed by atoms with Crippen molar-refractivity contribution in [3.05, 3.63) is 65.0 Å². The molecule has 0 bridgehead atoms. The van der Waals surface area contributed by atoms with Crippen LogP contribution in [0.25, 0.3) is 22.6 Å². The van der Waals surface area contributed by atoms with E-state index >= 15 is 0 Å². The third-order valence-corrected chi connectivity index (χ3v) is 7.39. The number of rotatable bonds is 6. The molecule has 0 saturated carbocycles. The molecule has 1 aliphatic heterocycles. The smallest absolute Gasteiger partial charge is 0.417 e. The predicted octanol–water partition coefficient (Wildman–Crippen LogP) is 1.72. The Kier molecular flexibility index (Phi) is 5.37. The van der Waals surface area contributed by atoms with Crippen LogP contribution in [0.3, 0.4) is 0 Å². The minimum absolute atomic E-state index is 0.112. The number of hydrogen-bond donors (Lipinski definition) is 1. The molecule has 4 aromatic rings. The zero-order valence-corrected chi connectivity index (χ0v) is 17.9. The first-order chi connectivity index (χ1) is 15.5. The topological polar surface area (TPSA) is 126 Å². The number of fused-ring (bicyclic) bond motifs is 1. The lowest BCUT2D eigenvalue weighted by atomic mass is 10.2. The third-order valence-electron chi connectivity index (χ3n) is 5.49. The molecule has 0 radical (unpaired) electrons. The zero-order valence-electron chi connectivity index (χ0n) is 17.1. The van der Waals surface area contributed by atoms with Gasteiger partial charge in [-0.05, 0) is 24.3 Å². The van der Waals surface area contributed by atoms with E-state index in [-0.39, 0.29) is 10.5 Å². The fraction of sp³-hybridized carbons (Fsp3) is 0.286. The molecule has 1 N–H and O–H groups in total. The Hall–Kier alpha value is -3.28. The molecule has 0 amide bonds. The molecule has 166 valence electrons. The van der Waals surface area contributed by atoms with Crippen LogP contribution < -0.4 is 5.76 Å². The third kappa shape index (κ3) is 4.09. The zero-order chi connectivity index (χ0) is 22.1. The van der Waals surface area contributed by atoms with Gasteiger partial charge in [0.2, 0.25) is 21.8 Å². The molecule has 10 nitrogen and oxygen atoms in total. The van der Waals surface area contributed by atoms with Crippen LogP contribution in [0.1, 0.15) is 5.89 Å². The van der Waals surface area contributed by atoms with Gasteiger partial charge in [-0.3, -0.25) is 4.98 Å². The molecule has 2 aromatic heterocycles. The Bertz CT molecular complexity index is 1380. The quantitative estimate of drug-likeness (QED) is 0.466. The van der Waals surface area contributed by atoms with E-state index in [4.69, 9.17) is 8.83 Å². The number of H-pyrrole nitrogens is 1. The average Bonchev–Trinajstić information content (AvgIpc) is 3.43. The molecule has 11 heteroatoms. The molecule has 2 aromatic carbocycles. The van der Waals surface area contributed by atoms with Crippen molar-refractivity contribution in [2.45, 2.75) is 11.3 Å². The molecule has 0 atom stereocenters. The average molecular weight is 455 g/mol. The summed E-state index contributed by atoms with van der Waals surface area (Å²) in [6.07, 6.45) is 0.593. The maximum atomic E-state index is 13.0. The normalized spacial score (nSPS) is 16.0. The van der Waals surface area contributed by atoms with Crippen molar-refractivity contribution >= 4 is 21.1 Å². The number of aromatic nitrogens is 3. The van der Waals surface area contributed by atoms with Crippen LogP contribution in [0.4, 0.5) is 0 Å². The van der Waals surface area contributed by atoms with E-state index in [9.17, 15) is 13.2 Å². The van der Waals surface area contributed by atoms with Gasteiger partial charge in [0.05, 0.1) is 10.4 Å². The highest BCUT2D eigenvalue weighted by atomic mass is 32.2. The molecule has 3 heterocycles. The number of nitrogens with one attached hydrogen (secondary N) is 1. The SMILES string of the molecule is O=c1[nH]c2ccc(S(=O)(=O)N3CCN(CCc4nnc(-c5ccccc5)o4)CC3)cc2o1. The van der Waals surface area contributed by atoms with E-state index in [1.807, 2.05) is 30.3 Å². The Morgan fingerprint density at radius 2 is 1.75 bits per heavy atom. The Morgan fingerprint density at radius 3 is 2.53 bits per heavy atom. The number of hydrogen-bond acceptors (Lipinski definition) is 8. The van der Waals surface area contributed by atoms with Gasteiger partial charge in [0.15, 0.2) is 5.58 Å². The van der Waals surface area contributed by atoms with E-state index < -0.39 is 15.8 Å². The molecule has 1 saturated heterocycles. The molecule has 1 fully saturated rings. The van der Waals surface area contributed by atoms with Crippen LogP contribution in [-0.2, 0) is 16.4 Å². The monoisotopic (exact) mass is 455 g/mol. The van der Waals surface area contributed by atoms with Crippen molar-refractivity contribution in [2.75, 3.05) is 32.7 Å². The highest BCUT2D eigenvalue weighted by Crippen LogP contribution is 2.22. The van der Waals surface area contributed by atoms with Gasteiger partial charge in [-0.25, -0.2) is 13.2 Å². The second kappa shape index (κ2) is 8.34. The van der Waals surface area contributed by atoms with Crippen molar-refractivity contribution in [2.24, 2.45) is 0 Å². The largest absolute Gasteiger partial charge is 0.421 e. The van der Waals surface area contributed by atoms with Gasteiger partial charge in [0.25, 0.3) is 0 Å². The minimum atomic E-state index is -3.67. The van der Waals surface area contributed by atoms with Crippen LogP contribution in [0.2, 0.25) is 0 Å².